The molecule has 0 aliphatic rings. The van der Waals surface area contributed by atoms with Crippen LogP contribution in [0.5, 0.6) is 0 Å². The molecule has 2 rings (SSSR count). The summed E-state index contributed by atoms with van der Waals surface area (Å²) in [4.78, 5) is 0. The van der Waals surface area contributed by atoms with E-state index in [0.717, 1.165) is 6.42 Å². The fourth-order valence-electron chi connectivity index (χ4n) is 2.81. The maximum atomic E-state index is 6.46. The highest BCUT2D eigenvalue weighted by atomic mass is 14.6. The Balaban J connectivity index is 2.40. The Bertz CT molecular complexity index is 544. The summed E-state index contributed by atoms with van der Waals surface area (Å²) in [6, 6.07) is 13.0. The first-order chi connectivity index (χ1) is 9.02. The van der Waals surface area contributed by atoms with E-state index in [9.17, 15) is 0 Å². The Morgan fingerprint density at radius 2 is 1.47 bits per heavy atom. The fraction of sp³-hybridized carbons (Fsp3) is 0.333. The van der Waals surface area contributed by atoms with E-state index in [4.69, 9.17) is 5.73 Å². The average Bonchev–Trinajstić information content (AvgIpc) is 2.37. The van der Waals surface area contributed by atoms with Crippen LogP contribution in [0, 0.1) is 20.8 Å². The third-order valence-electron chi connectivity index (χ3n) is 3.80. The summed E-state index contributed by atoms with van der Waals surface area (Å²) in [7, 11) is 0. The highest BCUT2D eigenvalue weighted by Crippen LogP contribution is 2.27. The van der Waals surface area contributed by atoms with Crippen LogP contribution in [0.2, 0.25) is 0 Å². The van der Waals surface area contributed by atoms with Gasteiger partial charge in [-0.3, -0.25) is 0 Å². The minimum absolute atomic E-state index is 0.0356. The van der Waals surface area contributed by atoms with Crippen molar-refractivity contribution in [3.8, 4) is 0 Å². The Hall–Kier alpha value is -1.60. The van der Waals surface area contributed by atoms with Gasteiger partial charge < -0.3 is 5.73 Å². The zero-order chi connectivity index (χ0) is 14.0. The lowest BCUT2D eigenvalue weighted by Gasteiger charge is -2.19. The Morgan fingerprint density at radius 1 is 0.947 bits per heavy atom. The predicted molar refractivity (Wildman–Crippen MR) is 82.5 cm³/mol. The molecular formula is C18H23N. The number of rotatable bonds is 3. The molecule has 0 aromatic heterocycles. The van der Waals surface area contributed by atoms with Gasteiger partial charge in [-0.15, -0.1) is 0 Å². The minimum atomic E-state index is -0.0356. The molecule has 1 nitrogen and oxygen atoms in total. The van der Waals surface area contributed by atoms with Crippen molar-refractivity contribution in [2.45, 2.75) is 40.2 Å². The van der Waals surface area contributed by atoms with Gasteiger partial charge in [-0.25, -0.2) is 0 Å². The van der Waals surface area contributed by atoms with Crippen LogP contribution in [0.1, 0.15) is 46.3 Å². The van der Waals surface area contributed by atoms with Gasteiger partial charge in [-0.2, -0.15) is 0 Å². The first-order valence-electron chi connectivity index (χ1n) is 6.95. The van der Waals surface area contributed by atoms with Crippen LogP contribution in [-0.2, 0) is 6.42 Å². The smallest absolute Gasteiger partial charge is 0.0556 e. The molecule has 1 heteroatoms. The van der Waals surface area contributed by atoms with Crippen molar-refractivity contribution >= 4 is 0 Å². The monoisotopic (exact) mass is 253 g/mol. The molecular weight excluding hydrogens is 230 g/mol. The molecule has 19 heavy (non-hydrogen) atoms. The van der Waals surface area contributed by atoms with Gasteiger partial charge in [0.1, 0.15) is 0 Å². The van der Waals surface area contributed by atoms with Crippen molar-refractivity contribution in [2.24, 2.45) is 5.73 Å². The van der Waals surface area contributed by atoms with E-state index in [1.165, 1.54) is 33.4 Å². The molecule has 100 valence electrons. The molecule has 0 radical (unpaired) electrons. The van der Waals surface area contributed by atoms with Crippen molar-refractivity contribution in [1.29, 1.82) is 0 Å². The van der Waals surface area contributed by atoms with Gasteiger partial charge in [-0.05, 0) is 55.0 Å². The summed E-state index contributed by atoms with van der Waals surface area (Å²) in [6.45, 7) is 8.60. The predicted octanol–water partition coefficient (Wildman–Crippen LogP) is 4.22. The molecule has 0 heterocycles. The van der Waals surface area contributed by atoms with E-state index in [-0.39, 0.29) is 6.04 Å². The molecule has 0 saturated heterocycles. The topological polar surface area (TPSA) is 26.0 Å². The minimum Gasteiger partial charge on any atom is -0.320 e. The summed E-state index contributed by atoms with van der Waals surface area (Å²) in [5.41, 5.74) is 14.1. The van der Waals surface area contributed by atoms with Gasteiger partial charge >= 0.3 is 0 Å². The van der Waals surface area contributed by atoms with Gasteiger partial charge in [-0.1, -0.05) is 48.9 Å². The van der Waals surface area contributed by atoms with Crippen molar-refractivity contribution in [3.63, 3.8) is 0 Å². The zero-order valence-electron chi connectivity index (χ0n) is 12.3. The molecule has 2 aromatic carbocycles. The summed E-state index contributed by atoms with van der Waals surface area (Å²) in [6.07, 6.45) is 1.07. The maximum absolute atomic E-state index is 6.46. The summed E-state index contributed by atoms with van der Waals surface area (Å²) >= 11 is 0. The lowest BCUT2D eigenvalue weighted by atomic mass is 9.90. The van der Waals surface area contributed by atoms with E-state index in [1.54, 1.807) is 0 Å². The maximum Gasteiger partial charge on any atom is 0.0556 e. The number of hydrogen-bond acceptors (Lipinski definition) is 1. The van der Waals surface area contributed by atoms with Crippen LogP contribution in [0.3, 0.4) is 0 Å². The van der Waals surface area contributed by atoms with Crippen LogP contribution in [0.25, 0.3) is 0 Å². The van der Waals surface area contributed by atoms with Gasteiger partial charge in [0.25, 0.3) is 0 Å². The summed E-state index contributed by atoms with van der Waals surface area (Å²) in [5, 5.41) is 0. The normalized spacial score (nSPS) is 12.5. The van der Waals surface area contributed by atoms with Crippen LogP contribution in [-0.4, -0.2) is 0 Å². The summed E-state index contributed by atoms with van der Waals surface area (Å²) < 4.78 is 0. The second kappa shape index (κ2) is 5.58. The quantitative estimate of drug-likeness (QED) is 0.870. The van der Waals surface area contributed by atoms with Gasteiger partial charge in [0.2, 0.25) is 0 Å². The lowest BCUT2D eigenvalue weighted by Crippen LogP contribution is -2.15. The second-order valence-corrected chi connectivity index (χ2v) is 5.39. The molecule has 1 unspecified atom stereocenters. The summed E-state index contributed by atoms with van der Waals surface area (Å²) in [5.74, 6) is 0. The van der Waals surface area contributed by atoms with Gasteiger partial charge in [0.05, 0.1) is 6.04 Å². The van der Waals surface area contributed by atoms with E-state index in [0.29, 0.717) is 0 Å². The zero-order valence-corrected chi connectivity index (χ0v) is 12.3. The first kappa shape index (κ1) is 13.8. The van der Waals surface area contributed by atoms with E-state index >= 15 is 0 Å². The largest absolute Gasteiger partial charge is 0.320 e. The fourth-order valence-corrected chi connectivity index (χ4v) is 2.81. The Morgan fingerprint density at radius 3 is 1.95 bits per heavy atom. The van der Waals surface area contributed by atoms with E-state index in [2.05, 4.69) is 64.1 Å². The molecule has 0 spiro atoms. The molecule has 0 amide bonds. The number of aryl methyl sites for hydroxylation is 4. The van der Waals surface area contributed by atoms with Crippen molar-refractivity contribution < 1.29 is 0 Å². The van der Waals surface area contributed by atoms with Crippen LogP contribution < -0.4 is 5.73 Å². The molecule has 0 fully saturated rings. The molecule has 0 saturated carbocycles. The molecule has 1 atom stereocenters. The number of benzene rings is 2. The molecule has 0 bridgehead atoms. The number of hydrogen-bond donors (Lipinski definition) is 1. The molecule has 2 N–H and O–H groups in total. The van der Waals surface area contributed by atoms with Crippen molar-refractivity contribution in [3.05, 3.63) is 69.8 Å². The van der Waals surface area contributed by atoms with E-state index in [1.807, 2.05) is 0 Å². The lowest BCUT2D eigenvalue weighted by molar-refractivity contribution is 0.849. The van der Waals surface area contributed by atoms with Crippen LogP contribution in [0.15, 0.2) is 36.4 Å². The average molecular weight is 253 g/mol. The second-order valence-electron chi connectivity index (χ2n) is 5.39. The standard InChI is InChI=1S/C18H23N/c1-5-15-6-8-16(9-7-15)18(19)17-13(3)10-12(2)11-14(17)4/h6-11,18H,5,19H2,1-4H3. The molecule has 0 aliphatic carbocycles. The third kappa shape index (κ3) is 2.87. The Labute approximate surface area is 116 Å². The van der Waals surface area contributed by atoms with Gasteiger partial charge in [0, 0.05) is 0 Å². The molecule has 0 aliphatic heterocycles. The number of nitrogens with two attached hydrogens (primary N) is 1. The highest BCUT2D eigenvalue weighted by Gasteiger charge is 2.14. The third-order valence-corrected chi connectivity index (χ3v) is 3.80. The van der Waals surface area contributed by atoms with Gasteiger partial charge in [0.15, 0.2) is 0 Å². The first-order valence-corrected chi connectivity index (χ1v) is 6.95. The molecule has 2 aromatic rings. The van der Waals surface area contributed by atoms with Crippen LogP contribution in [0.4, 0.5) is 0 Å². The van der Waals surface area contributed by atoms with Crippen molar-refractivity contribution in [1.82, 2.24) is 0 Å². The van der Waals surface area contributed by atoms with E-state index < -0.39 is 0 Å². The van der Waals surface area contributed by atoms with Crippen LogP contribution >= 0.6 is 0 Å². The highest BCUT2D eigenvalue weighted by molar-refractivity contribution is 5.44. The Kier molecular flexibility index (Phi) is 4.06. The SMILES string of the molecule is CCc1ccc(C(N)c2c(C)cc(C)cc2C)cc1. The van der Waals surface area contributed by atoms with Crippen molar-refractivity contribution in [2.75, 3.05) is 0 Å².